The van der Waals surface area contributed by atoms with E-state index in [2.05, 4.69) is 10.6 Å². The quantitative estimate of drug-likeness (QED) is 0.681. The molecule has 2 unspecified atom stereocenters. The molecule has 1 heterocycles. The van der Waals surface area contributed by atoms with E-state index in [9.17, 15) is 5.11 Å². The van der Waals surface area contributed by atoms with Gasteiger partial charge < -0.3 is 15.7 Å². The number of aliphatic hydroxyl groups excluding tert-OH is 1. The fraction of sp³-hybridized carbons (Fsp3) is 0.500. The molecule has 0 bridgehead atoms. The standard InChI is InChI=1S/C12H18N2O/c15-12(10-4-2-1-3-5-10)8-11-9-13-6-7-14-11/h1-5,11-15H,6-9H2. The molecule has 1 aromatic rings. The number of hydrogen-bond acceptors (Lipinski definition) is 3. The maximum Gasteiger partial charge on any atom is 0.0805 e. The van der Waals surface area contributed by atoms with Crippen LogP contribution in [0.15, 0.2) is 30.3 Å². The number of piperazine rings is 1. The molecule has 2 rings (SSSR count). The van der Waals surface area contributed by atoms with Gasteiger partial charge in [0.2, 0.25) is 0 Å². The molecule has 3 nitrogen and oxygen atoms in total. The summed E-state index contributed by atoms with van der Waals surface area (Å²) in [6.45, 7) is 2.97. The maximum absolute atomic E-state index is 10.0. The third-order valence-electron chi connectivity index (χ3n) is 2.82. The van der Waals surface area contributed by atoms with E-state index >= 15 is 0 Å². The lowest BCUT2D eigenvalue weighted by Crippen LogP contribution is -2.48. The Morgan fingerprint density at radius 3 is 2.73 bits per heavy atom. The summed E-state index contributed by atoms with van der Waals surface area (Å²) < 4.78 is 0. The van der Waals surface area contributed by atoms with Gasteiger partial charge in [-0.25, -0.2) is 0 Å². The average Bonchev–Trinajstić information content (AvgIpc) is 2.31. The third-order valence-corrected chi connectivity index (χ3v) is 2.82. The molecule has 0 saturated carbocycles. The molecule has 1 fully saturated rings. The molecule has 0 aromatic heterocycles. The molecule has 1 aromatic carbocycles. The van der Waals surface area contributed by atoms with E-state index in [0.29, 0.717) is 6.04 Å². The monoisotopic (exact) mass is 206 g/mol. The highest BCUT2D eigenvalue weighted by Crippen LogP contribution is 2.17. The van der Waals surface area contributed by atoms with Crippen molar-refractivity contribution >= 4 is 0 Å². The number of aliphatic hydroxyl groups is 1. The second kappa shape index (κ2) is 5.26. The maximum atomic E-state index is 10.0. The molecule has 0 spiro atoms. The van der Waals surface area contributed by atoms with Crippen LogP contribution in [-0.4, -0.2) is 30.8 Å². The molecule has 0 radical (unpaired) electrons. The summed E-state index contributed by atoms with van der Waals surface area (Å²) in [7, 11) is 0. The van der Waals surface area contributed by atoms with Crippen LogP contribution in [0.3, 0.4) is 0 Å². The molecule has 3 N–H and O–H groups in total. The predicted octanol–water partition coefficient (Wildman–Crippen LogP) is 0.671. The van der Waals surface area contributed by atoms with Crippen molar-refractivity contribution in [1.82, 2.24) is 10.6 Å². The minimum Gasteiger partial charge on any atom is -0.388 e. The van der Waals surface area contributed by atoms with Gasteiger partial charge in [0.05, 0.1) is 6.10 Å². The van der Waals surface area contributed by atoms with E-state index in [4.69, 9.17) is 0 Å². The molecule has 2 atom stereocenters. The van der Waals surface area contributed by atoms with Crippen LogP contribution in [-0.2, 0) is 0 Å². The van der Waals surface area contributed by atoms with Crippen LogP contribution in [0.4, 0.5) is 0 Å². The molecule has 1 aliphatic heterocycles. The van der Waals surface area contributed by atoms with Crippen molar-refractivity contribution in [2.24, 2.45) is 0 Å². The van der Waals surface area contributed by atoms with Crippen LogP contribution in [0.2, 0.25) is 0 Å². The van der Waals surface area contributed by atoms with Crippen molar-refractivity contribution in [2.75, 3.05) is 19.6 Å². The van der Waals surface area contributed by atoms with Crippen LogP contribution < -0.4 is 10.6 Å². The fourth-order valence-corrected chi connectivity index (χ4v) is 1.96. The largest absolute Gasteiger partial charge is 0.388 e. The molecular weight excluding hydrogens is 188 g/mol. The van der Waals surface area contributed by atoms with Crippen molar-refractivity contribution in [3.63, 3.8) is 0 Å². The van der Waals surface area contributed by atoms with Gasteiger partial charge in [-0.2, -0.15) is 0 Å². The Balaban J connectivity index is 1.88. The Bertz CT molecular complexity index is 283. The smallest absolute Gasteiger partial charge is 0.0805 e. The van der Waals surface area contributed by atoms with Gasteiger partial charge in [-0.15, -0.1) is 0 Å². The van der Waals surface area contributed by atoms with E-state index < -0.39 is 0 Å². The van der Waals surface area contributed by atoms with Crippen molar-refractivity contribution in [3.8, 4) is 0 Å². The summed E-state index contributed by atoms with van der Waals surface area (Å²) >= 11 is 0. The first kappa shape index (κ1) is 10.6. The van der Waals surface area contributed by atoms with Crippen LogP contribution in [0.5, 0.6) is 0 Å². The summed E-state index contributed by atoms with van der Waals surface area (Å²) in [5.41, 5.74) is 1.00. The lowest BCUT2D eigenvalue weighted by Gasteiger charge is -2.26. The highest BCUT2D eigenvalue weighted by Gasteiger charge is 2.17. The SMILES string of the molecule is OC(CC1CNCCN1)c1ccccc1. The summed E-state index contributed by atoms with van der Waals surface area (Å²) in [5, 5.41) is 16.7. The number of hydrogen-bond donors (Lipinski definition) is 3. The number of rotatable bonds is 3. The Labute approximate surface area is 90.5 Å². The Morgan fingerprint density at radius 2 is 2.07 bits per heavy atom. The van der Waals surface area contributed by atoms with E-state index in [1.807, 2.05) is 30.3 Å². The highest BCUT2D eigenvalue weighted by atomic mass is 16.3. The summed E-state index contributed by atoms with van der Waals surface area (Å²) in [4.78, 5) is 0. The van der Waals surface area contributed by atoms with Gasteiger partial charge in [0.1, 0.15) is 0 Å². The molecule has 82 valence electrons. The Kier molecular flexibility index (Phi) is 3.72. The molecule has 15 heavy (non-hydrogen) atoms. The molecule has 0 aliphatic carbocycles. The number of nitrogens with one attached hydrogen (secondary N) is 2. The Hall–Kier alpha value is -0.900. The first-order valence-electron chi connectivity index (χ1n) is 5.53. The molecule has 0 amide bonds. The van der Waals surface area contributed by atoms with E-state index in [1.165, 1.54) is 0 Å². The normalized spacial score (nSPS) is 23.7. The van der Waals surface area contributed by atoms with Crippen LogP contribution >= 0.6 is 0 Å². The minimum atomic E-state index is -0.358. The van der Waals surface area contributed by atoms with Crippen LogP contribution in [0.25, 0.3) is 0 Å². The van der Waals surface area contributed by atoms with Gasteiger partial charge in [0.15, 0.2) is 0 Å². The first-order chi connectivity index (χ1) is 7.36. The van der Waals surface area contributed by atoms with Gasteiger partial charge in [0.25, 0.3) is 0 Å². The predicted molar refractivity (Wildman–Crippen MR) is 60.7 cm³/mol. The summed E-state index contributed by atoms with van der Waals surface area (Å²) in [6, 6.07) is 10.2. The average molecular weight is 206 g/mol. The Morgan fingerprint density at radius 1 is 1.27 bits per heavy atom. The zero-order valence-corrected chi connectivity index (χ0v) is 8.82. The van der Waals surface area contributed by atoms with Crippen molar-refractivity contribution in [2.45, 2.75) is 18.6 Å². The van der Waals surface area contributed by atoms with Gasteiger partial charge in [-0.3, -0.25) is 0 Å². The van der Waals surface area contributed by atoms with Crippen molar-refractivity contribution in [1.29, 1.82) is 0 Å². The van der Waals surface area contributed by atoms with Gasteiger partial charge in [0, 0.05) is 25.7 Å². The topological polar surface area (TPSA) is 44.3 Å². The van der Waals surface area contributed by atoms with Gasteiger partial charge >= 0.3 is 0 Å². The van der Waals surface area contributed by atoms with Gasteiger partial charge in [-0.05, 0) is 12.0 Å². The van der Waals surface area contributed by atoms with E-state index in [1.54, 1.807) is 0 Å². The zero-order valence-electron chi connectivity index (χ0n) is 8.82. The summed E-state index contributed by atoms with van der Waals surface area (Å²) in [6.07, 6.45) is 0.417. The molecule has 1 aliphatic rings. The second-order valence-corrected chi connectivity index (χ2v) is 4.02. The first-order valence-corrected chi connectivity index (χ1v) is 5.53. The molecule has 1 saturated heterocycles. The summed E-state index contributed by atoms with van der Waals surface area (Å²) in [5.74, 6) is 0. The lowest BCUT2D eigenvalue weighted by atomic mass is 10.0. The number of benzene rings is 1. The molecule has 3 heteroatoms. The van der Waals surface area contributed by atoms with E-state index in [-0.39, 0.29) is 6.10 Å². The highest BCUT2D eigenvalue weighted by molar-refractivity contribution is 5.17. The van der Waals surface area contributed by atoms with Crippen LogP contribution in [0.1, 0.15) is 18.1 Å². The molecular formula is C12H18N2O. The van der Waals surface area contributed by atoms with Crippen molar-refractivity contribution < 1.29 is 5.11 Å². The lowest BCUT2D eigenvalue weighted by molar-refractivity contribution is 0.147. The van der Waals surface area contributed by atoms with Crippen molar-refractivity contribution in [3.05, 3.63) is 35.9 Å². The fourth-order valence-electron chi connectivity index (χ4n) is 1.96. The minimum absolute atomic E-state index is 0.358. The second-order valence-electron chi connectivity index (χ2n) is 4.02. The third kappa shape index (κ3) is 3.02. The van der Waals surface area contributed by atoms with Crippen LogP contribution in [0, 0.1) is 0 Å². The zero-order chi connectivity index (χ0) is 10.5. The van der Waals surface area contributed by atoms with E-state index in [0.717, 1.165) is 31.6 Å². The van der Waals surface area contributed by atoms with Gasteiger partial charge in [-0.1, -0.05) is 30.3 Å².